The summed E-state index contributed by atoms with van der Waals surface area (Å²) < 4.78 is 12.0. The summed E-state index contributed by atoms with van der Waals surface area (Å²) in [7, 11) is 3.33. The highest BCUT2D eigenvalue weighted by Crippen LogP contribution is 2.37. The van der Waals surface area contributed by atoms with Gasteiger partial charge in [-0.1, -0.05) is 6.92 Å². The summed E-state index contributed by atoms with van der Waals surface area (Å²) in [4.78, 5) is 1.39. The molecule has 0 saturated heterocycles. The molecule has 1 aromatic heterocycles. The van der Waals surface area contributed by atoms with E-state index in [1.165, 1.54) is 4.80 Å². The first-order chi connectivity index (χ1) is 10.1. The number of benzene rings is 1. The zero-order chi connectivity index (χ0) is 15.2. The standard InChI is InChI=1S/C13H18BrN5O2/c1-4-15-7-9-5-10(14)13(11(6-9)20-3)21-8-12-16-18-19(2)17-12/h5-6,15H,4,7-8H2,1-3H3. The number of tetrazole rings is 1. The van der Waals surface area contributed by atoms with E-state index in [1.807, 2.05) is 12.1 Å². The van der Waals surface area contributed by atoms with Gasteiger partial charge >= 0.3 is 0 Å². The maximum Gasteiger partial charge on any atom is 0.212 e. The Kier molecular flexibility index (Phi) is 5.51. The predicted molar refractivity (Wildman–Crippen MR) is 81.2 cm³/mol. The molecule has 0 bridgehead atoms. The van der Waals surface area contributed by atoms with E-state index < -0.39 is 0 Å². The highest BCUT2D eigenvalue weighted by atomic mass is 79.9. The van der Waals surface area contributed by atoms with Crippen LogP contribution in [0.4, 0.5) is 0 Å². The van der Waals surface area contributed by atoms with E-state index in [4.69, 9.17) is 9.47 Å². The Hall–Kier alpha value is -1.67. The number of ether oxygens (including phenoxy) is 2. The molecule has 0 aliphatic carbocycles. The maximum atomic E-state index is 5.75. The first-order valence-electron chi connectivity index (χ1n) is 6.56. The molecule has 0 spiro atoms. The molecule has 0 aliphatic rings. The van der Waals surface area contributed by atoms with Gasteiger partial charge in [-0.15, -0.1) is 10.2 Å². The number of rotatable bonds is 7. The van der Waals surface area contributed by atoms with Gasteiger partial charge in [0.25, 0.3) is 0 Å². The van der Waals surface area contributed by atoms with E-state index in [2.05, 4.69) is 43.6 Å². The minimum absolute atomic E-state index is 0.232. The number of hydrogen-bond donors (Lipinski definition) is 1. The van der Waals surface area contributed by atoms with E-state index in [0.717, 1.165) is 23.1 Å². The van der Waals surface area contributed by atoms with Crippen molar-refractivity contribution >= 4 is 15.9 Å². The summed E-state index contributed by atoms with van der Waals surface area (Å²) in [5.41, 5.74) is 1.12. The molecule has 0 aliphatic heterocycles. The van der Waals surface area contributed by atoms with Gasteiger partial charge in [0, 0.05) is 6.54 Å². The first-order valence-corrected chi connectivity index (χ1v) is 7.36. The molecule has 0 amide bonds. The molecule has 0 radical (unpaired) electrons. The lowest BCUT2D eigenvalue weighted by Crippen LogP contribution is -2.12. The zero-order valence-corrected chi connectivity index (χ0v) is 13.8. The van der Waals surface area contributed by atoms with Gasteiger partial charge < -0.3 is 14.8 Å². The van der Waals surface area contributed by atoms with Gasteiger partial charge in [-0.05, 0) is 45.4 Å². The minimum atomic E-state index is 0.232. The number of hydrogen-bond acceptors (Lipinski definition) is 6. The molecule has 2 rings (SSSR count). The summed E-state index contributed by atoms with van der Waals surface area (Å²) in [5.74, 6) is 1.81. The molecule has 114 valence electrons. The third-order valence-electron chi connectivity index (χ3n) is 2.76. The number of methoxy groups -OCH3 is 1. The third-order valence-corrected chi connectivity index (χ3v) is 3.35. The molecule has 8 heteroatoms. The highest BCUT2D eigenvalue weighted by Gasteiger charge is 2.13. The fourth-order valence-electron chi connectivity index (χ4n) is 1.80. The van der Waals surface area contributed by atoms with Crippen molar-refractivity contribution in [1.29, 1.82) is 0 Å². The number of aromatic nitrogens is 4. The molecule has 1 aromatic carbocycles. The monoisotopic (exact) mass is 355 g/mol. The zero-order valence-electron chi connectivity index (χ0n) is 12.3. The Labute approximate surface area is 131 Å². The Bertz CT molecular complexity index is 602. The summed E-state index contributed by atoms with van der Waals surface area (Å²) >= 11 is 3.52. The van der Waals surface area contributed by atoms with Crippen LogP contribution in [0.2, 0.25) is 0 Å². The van der Waals surface area contributed by atoms with E-state index in [9.17, 15) is 0 Å². The Morgan fingerprint density at radius 1 is 1.38 bits per heavy atom. The minimum Gasteiger partial charge on any atom is -0.493 e. The van der Waals surface area contributed by atoms with Crippen molar-refractivity contribution in [2.24, 2.45) is 7.05 Å². The quantitative estimate of drug-likeness (QED) is 0.814. The summed E-state index contributed by atoms with van der Waals surface area (Å²) in [6, 6.07) is 3.96. The molecule has 7 nitrogen and oxygen atoms in total. The van der Waals surface area contributed by atoms with E-state index in [1.54, 1.807) is 14.2 Å². The largest absolute Gasteiger partial charge is 0.493 e. The van der Waals surface area contributed by atoms with Crippen LogP contribution in [0.3, 0.4) is 0 Å². The predicted octanol–water partition coefficient (Wildman–Crippen LogP) is 1.67. The second-order valence-electron chi connectivity index (χ2n) is 4.37. The molecule has 0 saturated carbocycles. The van der Waals surface area contributed by atoms with Crippen LogP contribution < -0.4 is 14.8 Å². The molecule has 0 unspecified atom stereocenters. The van der Waals surface area contributed by atoms with Crippen molar-refractivity contribution in [3.8, 4) is 11.5 Å². The van der Waals surface area contributed by atoms with Crippen LogP contribution in [0.25, 0.3) is 0 Å². The molecular weight excluding hydrogens is 338 g/mol. The lowest BCUT2D eigenvalue weighted by molar-refractivity contribution is 0.274. The van der Waals surface area contributed by atoms with Crippen LogP contribution in [-0.2, 0) is 20.2 Å². The van der Waals surface area contributed by atoms with Crippen molar-refractivity contribution in [3.05, 3.63) is 28.0 Å². The second-order valence-corrected chi connectivity index (χ2v) is 5.23. The summed E-state index contributed by atoms with van der Waals surface area (Å²) in [6.07, 6.45) is 0. The van der Waals surface area contributed by atoms with Gasteiger partial charge in [0.05, 0.1) is 18.6 Å². The molecule has 2 aromatic rings. The van der Waals surface area contributed by atoms with E-state index in [0.29, 0.717) is 17.3 Å². The smallest absolute Gasteiger partial charge is 0.212 e. The van der Waals surface area contributed by atoms with Gasteiger partial charge in [0.2, 0.25) is 5.82 Å². The lowest BCUT2D eigenvalue weighted by atomic mass is 10.2. The summed E-state index contributed by atoms with van der Waals surface area (Å²) in [5, 5.41) is 15.0. The van der Waals surface area contributed by atoms with Crippen LogP contribution >= 0.6 is 15.9 Å². The fourth-order valence-corrected chi connectivity index (χ4v) is 2.41. The van der Waals surface area contributed by atoms with Crippen LogP contribution in [0, 0.1) is 0 Å². The molecule has 1 heterocycles. The van der Waals surface area contributed by atoms with Crippen LogP contribution in [0.1, 0.15) is 18.3 Å². The number of nitrogens with zero attached hydrogens (tertiary/aromatic N) is 4. The van der Waals surface area contributed by atoms with Crippen molar-refractivity contribution in [2.45, 2.75) is 20.1 Å². The lowest BCUT2D eigenvalue weighted by Gasteiger charge is -2.13. The van der Waals surface area contributed by atoms with Gasteiger partial charge in [-0.3, -0.25) is 0 Å². The van der Waals surface area contributed by atoms with Crippen LogP contribution in [0.5, 0.6) is 11.5 Å². The SMILES string of the molecule is CCNCc1cc(Br)c(OCc2nnn(C)n2)c(OC)c1. The fraction of sp³-hybridized carbons (Fsp3) is 0.462. The third kappa shape index (κ3) is 4.15. The average molecular weight is 356 g/mol. The van der Waals surface area contributed by atoms with Gasteiger partial charge in [0.15, 0.2) is 18.1 Å². The topological polar surface area (TPSA) is 74.1 Å². The normalized spacial score (nSPS) is 10.7. The average Bonchev–Trinajstić information content (AvgIpc) is 2.89. The molecule has 21 heavy (non-hydrogen) atoms. The second kappa shape index (κ2) is 7.37. The first kappa shape index (κ1) is 15.7. The molecule has 0 fully saturated rings. The van der Waals surface area contributed by atoms with Gasteiger partial charge in [-0.25, -0.2) is 0 Å². The van der Waals surface area contributed by atoms with Gasteiger partial charge in [0.1, 0.15) is 0 Å². The molecular formula is C13H18BrN5O2. The Balaban J connectivity index is 2.14. The van der Waals surface area contributed by atoms with Gasteiger partial charge in [-0.2, -0.15) is 4.80 Å². The van der Waals surface area contributed by atoms with E-state index >= 15 is 0 Å². The molecule has 1 N–H and O–H groups in total. The van der Waals surface area contributed by atoms with Crippen molar-refractivity contribution in [2.75, 3.05) is 13.7 Å². The highest BCUT2D eigenvalue weighted by molar-refractivity contribution is 9.10. The number of halogens is 1. The van der Waals surface area contributed by atoms with Crippen LogP contribution in [-0.4, -0.2) is 33.9 Å². The Morgan fingerprint density at radius 3 is 2.81 bits per heavy atom. The van der Waals surface area contributed by atoms with Crippen molar-refractivity contribution in [3.63, 3.8) is 0 Å². The van der Waals surface area contributed by atoms with E-state index in [-0.39, 0.29) is 6.61 Å². The molecule has 0 atom stereocenters. The number of nitrogens with one attached hydrogen (secondary N) is 1. The maximum absolute atomic E-state index is 5.75. The van der Waals surface area contributed by atoms with Crippen molar-refractivity contribution < 1.29 is 9.47 Å². The van der Waals surface area contributed by atoms with Crippen LogP contribution in [0.15, 0.2) is 16.6 Å². The summed E-state index contributed by atoms with van der Waals surface area (Å²) in [6.45, 7) is 3.99. The van der Waals surface area contributed by atoms with Crippen molar-refractivity contribution in [1.82, 2.24) is 25.5 Å². The Morgan fingerprint density at radius 2 is 2.19 bits per heavy atom. The number of aryl methyl sites for hydroxylation is 1.